The summed E-state index contributed by atoms with van der Waals surface area (Å²) in [6, 6.07) is 0. The number of carbonyl (C=O) groups is 2. The maximum absolute atomic E-state index is 11.4. The van der Waals surface area contributed by atoms with Crippen molar-refractivity contribution < 1.29 is 19.4 Å². The van der Waals surface area contributed by atoms with Crippen molar-refractivity contribution in [2.75, 3.05) is 7.11 Å². The Kier molecular flexibility index (Phi) is 2.06. The number of carbonyl (C=O) groups excluding carboxylic acids is 1. The first-order valence-corrected chi connectivity index (χ1v) is 4.64. The Balaban J connectivity index is 2.26. The van der Waals surface area contributed by atoms with Gasteiger partial charge in [-0.1, -0.05) is 12.2 Å². The number of methoxy groups -OCH3 is 1. The second-order valence-corrected chi connectivity index (χ2v) is 3.86. The summed E-state index contributed by atoms with van der Waals surface area (Å²) in [6.45, 7) is 0. The van der Waals surface area contributed by atoms with Gasteiger partial charge in [-0.2, -0.15) is 0 Å². The molecule has 1 N–H and O–H groups in total. The first-order valence-electron chi connectivity index (χ1n) is 4.64. The lowest BCUT2D eigenvalue weighted by molar-refractivity contribution is -0.156. The van der Waals surface area contributed by atoms with Crippen molar-refractivity contribution in [1.82, 2.24) is 0 Å². The summed E-state index contributed by atoms with van der Waals surface area (Å²) in [5.41, 5.74) is 0. The maximum atomic E-state index is 11.4. The van der Waals surface area contributed by atoms with Crippen molar-refractivity contribution in [1.29, 1.82) is 0 Å². The van der Waals surface area contributed by atoms with Crippen LogP contribution in [-0.4, -0.2) is 24.2 Å². The Morgan fingerprint density at radius 1 is 1.29 bits per heavy atom. The van der Waals surface area contributed by atoms with E-state index in [-0.39, 0.29) is 11.8 Å². The van der Waals surface area contributed by atoms with Crippen molar-refractivity contribution in [3.05, 3.63) is 12.2 Å². The molecule has 4 atom stereocenters. The van der Waals surface area contributed by atoms with Crippen LogP contribution in [0.15, 0.2) is 12.2 Å². The van der Waals surface area contributed by atoms with Gasteiger partial charge in [-0.3, -0.25) is 9.59 Å². The molecule has 0 radical (unpaired) electrons. The van der Waals surface area contributed by atoms with E-state index >= 15 is 0 Å². The number of fused-ring (bicyclic) bond motifs is 2. The number of ether oxygens (including phenoxy) is 1. The molecule has 4 heteroatoms. The lowest BCUT2D eigenvalue weighted by Gasteiger charge is -2.21. The zero-order valence-electron chi connectivity index (χ0n) is 7.84. The van der Waals surface area contributed by atoms with Gasteiger partial charge in [0, 0.05) is 0 Å². The Labute approximate surface area is 81.6 Å². The third-order valence-corrected chi connectivity index (χ3v) is 3.22. The molecule has 0 saturated heterocycles. The van der Waals surface area contributed by atoms with Crippen molar-refractivity contribution in [2.24, 2.45) is 23.7 Å². The van der Waals surface area contributed by atoms with Gasteiger partial charge in [0.25, 0.3) is 0 Å². The van der Waals surface area contributed by atoms with Crippen molar-refractivity contribution >= 4 is 11.9 Å². The molecule has 0 amide bonds. The van der Waals surface area contributed by atoms with Crippen LogP contribution < -0.4 is 0 Å². The van der Waals surface area contributed by atoms with Crippen LogP contribution in [-0.2, 0) is 14.3 Å². The number of hydrogen-bond acceptors (Lipinski definition) is 3. The molecule has 0 aromatic carbocycles. The summed E-state index contributed by atoms with van der Waals surface area (Å²) in [7, 11) is 1.30. The fourth-order valence-electron chi connectivity index (χ4n) is 2.62. The summed E-state index contributed by atoms with van der Waals surface area (Å²) in [5.74, 6) is -2.27. The minimum Gasteiger partial charge on any atom is -0.481 e. The predicted octanol–water partition coefficient (Wildman–Crippen LogP) is 0.682. The molecule has 4 nitrogen and oxygen atoms in total. The fourth-order valence-corrected chi connectivity index (χ4v) is 2.62. The van der Waals surface area contributed by atoms with E-state index in [2.05, 4.69) is 4.74 Å². The van der Waals surface area contributed by atoms with E-state index in [1.54, 1.807) is 0 Å². The number of carboxylic acid groups (broad SMARTS) is 1. The van der Waals surface area contributed by atoms with Gasteiger partial charge in [0.15, 0.2) is 0 Å². The molecule has 2 bridgehead atoms. The highest BCUT2D eigenvalue weighted by Gasteiger charge is 2.52. The second kappa shape index (κ2) is 3.12. The molecule has 2 rings (SSSR count). The zero-order chi connectivity index (χ0) is 10.3. The van der Waals surface area contributed by atoms with Gasteiger partial charge in [-0.25, -0.2) is 0 Å². The number of esters is 1. The van der Waals surface area contributed by atoms with E-state index in [1.807, 2.05) is 12.2 Å². The molecule has 0 aromatic rings. The molecule has 0 heterocycles. The van der Waals surface area contributed by atoms with E-state index in [0.29, 0.717) is 0 Å². The van der Waals surface area contributed by atoms with Gasteiger partial charge in [-0.15, -0.1) is 0 Å². The van der Waals surface area contributed by atoms with Crippen LogP contribution >= 0.6 is 0 Å². The zero-order valence-corrected chi connectivity index (χ0v) is 7.84. The minimum absolute atomic E-state index is 0.0154. The summed E-state index contributed by atoms with van der Waals surface area (Å²) in [4.78, 5) is 22.4. The van der Waals surface area contributed by atoms with Gasteiger partial charge < -0.3 is 9.84 Å². The first kappa shape index (κ1) is 9.24. The molecule has 76 valence electrons. The molecule has 1 saturated carbocycles. The highest BCUT2D eigenvalue weighted by Crippen LogP contribution is 2.48. The Bertz CT molecular complexity index is 307. The van der Waals surface area contributed by atoms with Crippen LogP contribution in [0.2, 0.25) is 0 Å². The monoisotopic (exact) mass is 196 g/mol. The van der Waals surface area contributed by atoms with Gasteiger partial charge >= 0.3 is 11.9 Å². The van der Waals surface area contributed by atoms with Crippen LogP contribution in [0.5, 0.6) is 0 Å². The number of allylic oxidation sites excluding steroid dienone is 2. The SMILES string of the molecule is COC(=O)[C@@H]1C2C=CC(C2)[C@H]1C(=O)O. The van der Waals surface area contributed by atoms with E-state index in [0.717, 1.165) is 6.42 Å². The van der Waals surface area contributed by atoms with E-state index in [9.17, 15) is 9.59 Å². The largest absolute Gasteiger partial charge is 0.481 e. The number of carboxylic acids is 1. The molecular formula is C10H12O4. The third kappa shape index (κ3) is 1.14. The molecule has 0 aromatic heterocycles. The average Bonchev–Trinajstić information content (AvgIpc) is 2.74. The number of aliphatic carboxylic acids is 1. The summed E-state index contributed by atoms with van der Waals surface area (Å²) < 4.78 is 4.63. The van der Waals surface area contributed by atoms with Gasteiger partial charge in [-0.05, 0) is 18.3 Å². The predicted molar refractivity (Wildman–Crippen MR) is 47.4 cm³/mol. The highest BCUT2D eigenvalue weighted by atomic mass is 16.5. The fraction of sp³-hybridized carbons (Fsp3) is 0.600. The van der Waals surface area contributed by atoms with Crippen LogP contribution in [0.25, 0.3) is 0 Å². The molecule has 0 aliphatic heterocycles. The van der Waals surface area contributed by atoms with Crippen LogP contribution in [0.4, 0.5) is 0 Å². The van der Waals surface area contributed by atoms with Gasteiger partial charge in [0.05, 0.1) is 18.9 Å². The molecule has 0 spiro atoms. The lowest BCUT2D eigenvalue weighted by atomic mass is 9.83. The Morgan fingerprint density at radius 2 is 1.86 bits per heavy atom. The molecule has 2 aliphatic rings. The van der Waals surface area contributed by atoms with Crippen LogP contribution in [0.3, 0.4) is 0 Å². The molecule has 1 fully saturated rings. The minimum atomic E-state index is -0.891. The summed E-state index contributed by atoms with van der Waals surface area (Å²) in [5, 5.41) is 9.01. The summed E-state index contributed by atoms with van der Waals surface area (Å²) >= 11 is 0. The van der Waals surface area contributed by atoms with E-state index in [4.69, 9.17) is 5.11 Å². The van der Waals surface area contributed by atoms with Gasteiger partial charge in [0.2, 0.25) is 0 Å². The number of rotatable bonds is 2. The quantitative estimate of drug-likeness (QED) is 0.521. The maximum Gasteiger partial charge on any atom is 0.310 e. The van der Waals surface area contributed by atoms with Crippen LogP contribution in [0, 0.1) is 23.7 Å². The van der Waals surface area contributed by atoms with E-state index in [1.165, 1.54) is 7.11 Å². The lowest BCUT2D eigenvalue weighted by Crippen LogP contribution is -2.33. The molecule has 2 aliphatic carbocycles. The van der Waals surface area contributed by atoms with Gasteiger partial charge in [0.1, 0.15) is 0 Å². The van der Waals surface area contributed by atoms with Crippen molar-refractivity contribution in [2.45, 2.75) is 6.42 Å². The summed E-state index contributed by atoms with van der Waals surface area (Å²) in [6.07, 6.45) is 4.62. The second-order valence-electron chi connectivity index (χ2n) is 3.86. The molecular weight excluding hydrogens is 184 g/mol. The standard InChI is InChI=1S/C10H12O4/c1-14-10(13)8-6-3-2-5(4-6)7(8)9(11)12/h2-3,5-8H,4H2,1H3,(H,11,12)/t5?,6?,7-,8-/m1/s1. The normalized spacial score (nSPS) is 38.6. The smallest absolute Gasteiger partial charge is 0.310 e. The van der Waals surface area contributed by atoms with Crippen LogP contribution in [0.1, 0.15) is 6.42 Å². The average molecular weight is 196 g/mol. The third-order valence-electron chi connectivity index (χ3n) is 3.22. The highest BCUT2D eigenvalue weighted by molar-refractivity contribution is 5.83. The van der Waals surface area contributed by atoms with Crippen molar-refractivity contribution in [3.8, 4) is 0 Å². The molecule has 14 heavy (non-hydrogen) atoms. The first-order chi connectivity index (χ1) is 6.65. The topological polar surface area (TPSA) is 63.6 Å². The van der Waals surface area contributed by atoms with E-state index < -0.39 is 23.8 Å². The Hall–Kier alpha value is -1.32. The van der Waals surface area contributed by atoms with Crippen molar-refractivity contribution in [3.63, 3.8) is 0 Å². The number of hydrogen-bond donors (Lipinski definition) is 1. The Morgan fingerprint density at radius 3 is 2.36 bits per heavy atom. The molecule has 2 unspecified atom stereocenters.